The van der Waals surface area contributed by atoms with Crippen molar-refractivity contribution in [2.45, 2.75) is 24.8 Å². The van der Waals surface area contributed by atoms with Crippen molar-refractivity contribution in [1.82, 2.24) is 19.5 Å². The minimum absolute atomic E-state index is 0.0307. The van der Waals surface area contributed by atoms with Crippen LogP contribution in [0.25, 0.3) is 0 Å². The fraction of sp³-hybridized carbons (Fsp3) is 0.381. The van der Waals surface area contributed by atoms with E-state index in [9.17, 15) is 17.6 Å². The first kappa shape index (κ1) is 22.3. The number of benzene rings is 1. The van der Waals surface area contributed by atoms with Gasteiger partial charge >= 0.3 is 6.01 Å². The SMILES string of the molecule is Cc1nnc(N2C[C@H]3COc4c(cn(C)c4C(=O)Nc4ccc(F)c(C)c4)S(=O)(=O)N[C@H]3C2)o1. The highest BCUT2D eigenvalue weighted by Gasteiger charge is 2.42. The highest BCUT2D eigenvalue weighted by Crippen LogP contribution is 2.35. The van der Waals surface area contributed by atoms with Gasteiger partial charge in [0.1, 0.15) is 10.7 Å². The van der Waals surface area contributed by atoms with Gasteiger partial charge in [0.25, 0.3) is 5.91 Å². The molecule has 1 saturated heterocycles. The molecule has 1 amide bonds. The lowest BCUT2D eigenvalue weighted by Gasteiger charge is -2.23. The summed E-state index contributed by atoms with van der Waals surface area (Å²) in [6.07, 6.45) is 1.34. The number of nitrogens with zero attached hydrogens (tertiary/aromatic N) is 4. The van der Waals surface area contributed by atoms with Crippen LogP contribution in [0.15, 0.2) is 33.7 Å². The topological polar surface area (TPSA) is 132 Å². The number of carbonyl (C=O) groups is 1. The van der Waals surface area contributed by atoms with Gasteiger partial charge in [-0.2, -0.15) is 0 Å². The Morgan fingerprint density at radius 3 is 2.76 bits per heavy atom. The number of fused-ring (bicyclic) bond motifs is 2. The third-order valence-electron chi connectivity index (χ3n) is 6.00. The Morgan fingerprint density at radius 2 is 2.06 bits per heavy atom. The second kappa shape index (κ2) is 8.09. The maximum atomic E-state index is 13.6. The first-order valence-corrected chi connectivity index (χ1v) is 12.1. The summed E-state index contributed by atoms with van der Waals surface area (Å²) in [6.45, 7) is 4.21. The van der Waals surface area contributed by atoms with Crippen LogP contribution in [0.2, 0.25) is 0 Å². The van der Waals surface area contributed by atoms with Crippen molar-refractivity contribution >= 4 is 27.6 Å². The van der Waals surface area contributed by atoms with Gasteiger partial charge in [0.05, 0.1) is 6.61 Å². The number of nitrogens with one attached hydrogen (secondary N) is 2. The molecule has 180 valence electrons. The van der Waals surface area contributed by atoms with E-state index < -0.39 is 27.8 Å². The summed E-state index contributed by atoms with van der Waals surface area (Å²) in [5, 5.41) is 10.5. The van der Waals surface area contributed by atoms with E-state index in [4.69, 9.17) is 9.15 Å². The normalized spacial score (nSPS) is 21.2. The van der Waals surface area contributed by atoms with Gasteiger partial charge in [-0.1, -0.05) is 5.10 Å². The predicted molar refractivity (Wildman–Crippen MR) is 119 cm³/mol. The molecule has 11 nitrogen and oxygen atoms in total. The lowest BCUT2D eigenvalue weighted by Crippen LogP contribution is -2.43. The van der Waals surface area contributed by atoms with Gasteiger partial charge in [0.2, 0.25) is 15.9 Å². The van der Waals surface area contributed by atoms with Crippen LogP contribution in [-0.4, -0.2) is 54.8 Å². The number of rotatable bonds is 3. The van der Waals surface area contributed by atoms with Crippen molar-refractivity contribution in [3.63, 3.8) is 0 Å². The highest BCUT2D eigenvalue weighted by atomic mass is 32.2. The Balaban J connectivity index is 1.43. The monoisotopic (exact) mass is 490 g/mol. The Hall–Kier alpha value is -3.45. The third kappa shape index (κ3) is 3.90. The van der Waals surface area contributed by atoms with Crippen molar-refractivity contribution in [3.8, 4) is 5.75 Å². The van der Waals surface area contributed by atoms with Crippen molar-refractivity contribution in [1.29, 1.82) is 0 Å². The van der Waals surface area contributed by atoms with Gasteiger partial charge in [-0.05, 0) is 30.7 Å². The fourth-order valence-corrected chi connectivity index (χ4v) is 5.77. The number of aromatic nitrogens is 3. The molecule has 34 heavy (non-hydrogen) atoms. The molecule has 2 N–H and O–H groups in total. The molecule has 2 aromatic heterocycles. The molecule has 2 atom stereocenters. The van der Waals surface area contributed by atoms with Crippen LogP contribution >= 0.6 is 0 Å². The predicted octanol–water partition coefficient (Wildman–Crippen LogP) is 1.59. The molecule has 1 fully saturated rings. The van der Waals surface area contributed by atoms with Gasteiger partial charge in [0.15, 0.2) is 11.4 Å². The zero-order chi connectivity index (χ0) is 24.2. The fourth-order valence-electron chi connectivity index (χ4n) is 4.28. The second-order valence-corrected chi connectivity index (χ2v) is 10.2. The quantitative estimate of drug-likeness (QED) is 0.566. The van der Waals surface area contributed by atoms with E-state index in [0.29, 0.717) is 36.2 Å². The standard InChI is InChI=1S/C21H23FN6O5S/c1-11-6-14(4-5-15(11)22)23-20(29)18-19-17(9-27(18)3)34(30,31)26-16-8-28(7-13(16)10-32-19)21-25-24-12(2)33-21/h4-6,9,13,16,26H,7-8,10H2,1-3H3,(H,23,29)/t13-,16-/m0/s1. The lowest BCUT2D eigenvalue weighted by atomic mass is 10.1. The molecule has 13 heteroatoms. The summed E-state index contributed by atoms with van der Waals surface area (Å²) in [5.74, 6) is -0.798. The lowest BCUT2D eigenvalue weighted by molar-refractivity contribution is 0.101. The van der Waals surface area contributed by atoms with E-state index >= 15 is 0 Å². The van der Waals surface area contributed by atoms with Crippen molar-refractivity contribution in [2.75, 3.05) is 29.9 Å². The number of carbonyl (C=O) groups excluding carboxylic acids is 1. The number of anilines is 2. The molecule has 0 spiro atoms. The zero-order valence-corrected chi connectivity index (χ0v) is 19.5. The number of amides is 1. The maximum Gasteiger partial charge on any atom is 0.318 e. The van der Waals surface area contributed by atoms with Crippen molar-refractivity contribution in [3.05, 3.63) is 47.4 Å². The molecule has 0 bridgehead atoms. The van der Waals surface area contributed by atoms with Crippen LogP contribution in [0.3, 0.4) is 0 Å². The summed E-state index contributed by atoms with van der Waals surface area (Å²) >= 11 is 0. The zero-order valence-electron chi connectivity index (χ0n) is 18.7. The molecular formula is C21H23FN6O5S. The van der Waals surface area contributed by atoms with E-state index in [-0.39, 0.29) is 28.9 Å². The van der Waals surface area contributed by atoms with Crippen LogP contribution in [-0.2, 0) is 17.1 Å². The molecule has 0 saturated carbocycles. The molecule has 0 aliphatic carbocycles. The summed E-state index contributed by atoms with van der Waals surface area (Å²) in [5.41, 5.74) is 0.798. The Bertz CT molecular complexity index is 1380. The number of hydrogen-bond donors (Lipinski definition) is 2. The summed E-state index contributed by atoms with van der Waals surface area (Å²) < 4.78 is 55.6. The van der Waals surface area contributed by atoms with Crippen LogP contribution < -0.4 is 19.7 Å². The van der Waals surface area contributed by atoms with Gasteiger partial charge in [-0.25, -0.2) is 17.5 Å². The smallest absolute Gasteiger partial charge is 0.318 e. The molecule has 1 aromatic carbocycles. The molecule has 2 aliphatic rings. The minimum atomic E-state index is -4.00. The minimum Gasteiger partial charge on any atom is -0.489 e. The van der Waals surface area contributed by atoms with E-state index in [1.54, 1.807) is 20.9 Å². The van der Waals surface area contributed by atoms with Crippen LogP contribution in [0, 0.1) is 25.6 Å². The summed E-state index contributed by atoms with van der Waals surface area (Å²) in [4.78, 5) is 14.8. The maximum absolute atomic E-state index is 13.6. The first-order valence-electron chi connectivity index (χ1n) is 10.6. The Morgan fingerprint density at radius 1 is 1.26 bits per heavy atom. The second-order valence-electron chi connectivity index (χ2n) is 8.51. The van der Waals surface area contributed by atoms with E-state index in [0.717, 1.165) is 0 Å². The van der Waals surface area contributed by atoms with Crippen LogP contribution in [0.4, 0.5) is 16.1 Å². The summed E-state index contributed by atoms with van der Waals surface area (Å²) in [6, 6.07) is 4.06. The van der Waals surface area contributed by atoms with Gasteiger partial charge in [-0.3, -0.25) is 4.79 Å². The highest BCUT2D eigenvalue weighted by molar-refractivity contribution is 7.89. The van der Waals surface area contributed by atoms with Gasteiger partial charge in [0, 0.05) is 50.9 Å². The molecule has 3 aromatic rings. The number of halogens is 1. The number of aryl methyl sites for hydroxylation is 3. The number of hydrogen-bond acceptors (Lipinski definition) is 8. The van der Waals surface area contributed by atoms with Gasteiger partial charge < -0.3 is 23.9 Å². The molecule has 4 heterocycles. The molecule has 5 rings (SSSR count). The third-order valence-corrected chi connectivity index (χ3v) is 7.48. The van der Waals surface area contributed by atoms with E-state index in [1.807, 2.05) is 4.90 Å². The number of sulfonamides is 1. The average molecular weight is 491 g/mol. The molecule has 2 aliphatic heterocycles. The van der Waals surface area contributed by atoms with Gasteiger partial charge in [-0.15, -0.1) is 5.10 Å². The molecule has 0 unspecified atom stereocenters. The van der Waals surface area contributed by atoms with Crippen molar-refractivity contribution in [2.24, 2.45) is 13.0 Å². The first-order chi connectivity index (χ1) is 16.1. The number of ether oxygens (including phenoxy) is 1. The van der Waals surface area contributed by atoms with E-state index in [2.05, 4.69) is 20.2 Å². The Labute approximate surface area is 195 Å². The molecular weight excluding hydrogens is 467 g/mol. The van der Waals surface area contributed by atoms with Crippen LogP contribution in [0.1, 0.15) is 21.9 Å². The van der Waals surface area contributed by atoms with E-state index in [1.165, 1.54) is 29.0 Å². The van der Waals surface area contributed by atoms with Crippen LogP contribution in [0.5, 0.6) is 5.75 Å². The molecule has 0 radical (unpaired) electrons. The van der Waals surface area contributed by atoms with Crippen molar-refractivity contribution < 1.29 is 26.8 Å². The largest absolute Gasteiger partial charge is 0.489 e. The average Bonchev–Trinajstić information content (AvgIpc) is 3.45. The summed E-state index contributed by atoms with van der Waals surface area (Å²) in [7, 11) is -2.43. The Kier molecular flexibility index (Phi) is 5.32.